The highest BCUT2D eigenvalue weighted by atomic mass is 16.5. The van der Waals surface area contributed by atoms with Gasteiger partial charge >= 0.3 is 11.9 Å². The van der Waals surface area contributed by atoms with Crippen LogP contribution in [-0.4, -0.2) is 30.9 Å². The van der Waals surface area contributed by atoms with Crippen LogP contribution in [0.5, 0.6) is 0 Å². The van der Waals surface area contributed by atoms with E-state index in [0.29, 0.717) is 5.56 Å². The van der Waals surface area contributed by atoms with Gasteiger partial charge in [-0.3, -0.25) is 4.79 Å². The predicted molar refractivity (Wildman–Crippen MR) is 79.1 cm³/mol. The zero-order valence-electron chi connectivity index (χ0n) is 13.0. The Balaban J connectivity index is 2.67. The molecule has 5 heteroatoms. The average Bonchev–Trinajstić information content (AvgIpc) is 2.50. The zero-order chi connectivity index (χ0) is 16.5. The maximum absolute atomic E-state index is 12.7. The lowest BCUT2D eigenvalue weighted by molar-refractivity contribution is -0.154. The maximum atomic E-state index is 12.7. The lowest BCUT2D eigenvalue weighted by Crippen LogP contribution is -2.44. The molecule has 5 nitrogen and oxygen atoms in total. The van der Waals surface area contributed by atoms with Crippen molar-refractivity contribution >= 4 is 17.7 Å². The van der Waals surface area contributed by atoms with Crippen molar-refractivity contribution in [3.05, 3.63) is 47.0 Å². The van der Waals surface area contributed by atoms with Crippen molar-refractivity contribution in [2.75, 3.05) is 7.11 Å². The standard InChI is InChI=1S/C17H18O5/c1-10-17(2,3)13(16(20)21-4)12(15(19)22-10)14(18)11-8-6-5-7-9-11/h5-10H,1-4H3. The lowest BCUT2D eigenvalue weighted by Gasteiger charge is -2.37. The molecule has 1 heterocycles. The third-order valence-electron chi connectivity index (χ3n) is 4.05. The summed E-state index contributed by atoms with van der Waals surface area (Å²) in [6.07, 6.45) is -0.540. The van der Waals surface area contributed by atoms with Gasteiger partial charge in [0, 0.05) is 11.0 Å². The van der Waals surface area contributed by atoms with Crippen LogP contribution in [0.1, 0.15) is 31.1 Å². The summed E-state index contributed by atoms with van der Waals surface area (Å²) in [5.41, 5.74) is -0.684. The van der Waals surface area contributed by atoms with Crippen LogP contribution in [0, 0.1) is 5.41 Å². The Labute approximate surface area is 128 Å². The Morgan fingerprint density at radius 1 is 1.18 bits per heavy atom. The molecule has 0 spiro atoms. The quantitative estimate of drug-likeness (QED) is 0.487. The van der Waals surface area contributed by atoms with Crippen molar-refractivity contribution in [1.29, 1.82) is 0 Å². The summed E-state index contributed by atoms with van der Waals surface area (Å²) in [6.45, 7) is 5.17. The van der Waals surface area contributed by atoms with Crippen molar-refractivity contribution in [3.63, 3.8) is 0 Å². The highest BCUT2D eigenvalue weighted by Crippen LogP contribution is 2.40. The van der Waals surface area contributed by atoms with E-state index in [4.69, 9.17) is 9.47 Å². The Morgan fingerprint density at radius 2 is 1.77 bits per heavy atom. The molecule has 0 N–H and O–H groups in total. The largest absolute Gasteiger partial charge is 0.466 e. The van der Waals surface area contributed by atoms with E-state index >= 15 is 0 Å². The van der Waals surface area contributed by atoms with Gasteiger partial charge in [-0.25, -0.2) is 9.59 Å². The summed E-state index contributed by atoms with van der Waals surface area (Å²) >= 11 is 0. The second-order valence-corrected chi connectivity index (χ2v) is 5.71. The number of methoxy groups -OCH3 is 1. The van der Waals surface area contributed by atoms with Gasteiger partial charge in [0.05, 0.1) is 12.7 Å². The van der Waals surface area contributed by atoms with Crippen LogP contribution in [0.4, 0.5) is 0 Å². The Kier molecular flexibility index (Phi) is 4.17. The number of ether oxygens (including phenoxy) is 2. The van der Waals surface area contributed by atoms with E-state index in [0.717, 1.165) is 0 Å². The van der Waals surface area contributed by atoms with Crippen LogP contribution >= 0.6 is 0 Å². The Morgan fingerprint density at radius 3 is 2.32 bits per heavy atom. The molecular weight excluding hydrogens is 284 g/mol. The molecule has 0 saturated carbocycles. The fourth-order valence-electron chi connectivity index (χ4n) is 2.40. The van der Waals surface area contributed by atoms with E-state index in [1.165, 1.54) is 7.11 Å². The van der Waals surface area contributed by atoms with Crippen LogP contribution < -0.4 is 0 Å². The van der Waals surface area contributed by atoms with E-state index < -0.39 is 29.2 Å². The van der Waals surface area contributed by atoms with Crippen molar-refractivity contribution < 1.29 is 23.9 Å². The Hall–Kier alpha value is -2.43. The van der Waals surface area contributed by atoms with Gasteiger partial charge in [-0.2, -0.15) is 0 Å². The molecule has 1 aliphatic heterocycles. The highest BCUT2D eigenvalue weighted by Gasteiger charge is 2.47. The molecule has 0 saturated heterocycles. The van der Waals surface area contributed by atoms with Gasteiger partial charge in [0.15, 0.2) is 0 Å². The molecule has 22 heavy (non-hydrogen) atoms. The van der Waals surface area contributed by atoms with Gasteiger partial charge in [-0.15, -0.1) is 0 Å². The number of benzene rings is 1. The summed E-state index contributed by atoms with van der Waals surface area (Å²) < 4.78 is 10.0. The van der Waals surface area contributed by atoms with Gasteiger partial charge in [0.25, 0.3) is 0 Å². The summed E-state index contributed by atoms with van der Waals surface area (Å²) in [6, 6.07) is 8.31. The third-order valence-corrected chi connectivity index (χ3v) is 4.05. The molecule has 1 aliphatic rings. The van der Waals surface area contributed by atoms with Crippen LogP contribution in [0.25, 0.3) is 0 Å². The molecular formula is C17H18O5. The molecule has 1 aromatic carbocycles. The van der Waals surface area contributed by atoms with Gasteiger partial charge in [0.2, 0.25) is 5.78 Å². The topological polar surface area (TPSA) is 69.7 Å². The maximum Gasteiger partial charge on any atom is 0.343 e. The van der Waals surface area contributed by atoms with E-state index in [9.17, 15) is 14.4 Å². The fourth-order valence-corrected chi connectivity index (χ4v) is 2.40. The van der Waals surface area contributed by atoms with Crippen molar-refractivity contribution in [1.82, 2.24) is 0 Å². The number of esters is 2. The summed E-state index contributed by atoms with van der Waals surface area (Å²) in [5, 5.41) is 0. The van der Waals surface area contributed by atoms with E-state index in [1.807, 2.05) is 0 Å². The van der Waals surface area contributed by atoms with Crippen LogP contribution in [-0.2, 0) is 19.1 Å². The first-order valence-electron chi connectivity index (χ1n) is 6.94. The molecule has 1 atom stereocenters. The third kappa shape index (κ3) is 2.54. The lowest BCUT2D eigenvalue weighted by atomic mass is 9.74. The van der Waals surface area contributed by atoms with Crippen LogP contribution in [0.3, 0.4) is 0 Å². The van der Waals surface area contributed by atoms with Crippen molar-refractivity contribution in [2.45, 2.75) is 26.9 Å². The van der Waals surface area contributed by atoms with Crippen LogP contribution in [0.15, 0.2) is 41.5 Å². The first-order chi connectivity index (χ1) is 10.3. The summed E-state index contributed by atoms with van der Waals surface area (Å²) in [5.74, 6) is -2.01. The van der Waals surface area contributed by atoms with Crippen molar-refractivity contribution in [2.24, 2.45) is 5.41 Å². The normalized spacial score (nSPS) is 20.4. The number of hydrogen-bond acceptors (Lipinski definition) is 5. The number of hydrogen-bond donors (Lipinski definition) is 0. The molecule has 1 unspecified atom stereocenters. The smallest absolute Gasteiger partial charge is 0.343 e. The van der Waals surface area contributed by atoms with Crippen molar-refractivity contribution in [3.8, 4) is 0 Å². The molecule has 0 amide bonds. The molecule has 116 valence electrons. The summed E-state index contributed by atoms with van der Waals surface area (Å²) in [4.78, 5) is 37.1. The average molecular weight is 302 g/mol. The zero-order valence-corrected chi connectivity index (χ0v) is 13.0. The number of rotatable bonds is 3. The molecule has 0 radical (unpaired) electrons. The molecule has 0 fully saturated rings. The van der Waals surface area contributed by atoms with Gasteiger partial charge in [-0.05, 0) is 6.92 Å². The monoisotopic (exact) mass is 302 g/mol. The molecule has 0 aromatic heterocycles. The molecule has 2 rings (SSSR count). The highest BCUT2D eigenvalue weighted by molar-refractivity contribution is 6.28. The first-order valence-corrected chi connectivity index (χ1v) is 6.94. The minimum atomic E-state index is -0.819. The van der Waals surface area contributed by atoms with E-state index in [1.54, 1.807) is 51.1 Å². The van der Waals surface area contributed by atoms with Gasteiger partial charge in [0.1, 0.15) is 11.7 Å². The molecule has 1 aromatic rings. The first kappa shape index (κ1) is 15.9. The van der Waals surface area contributed by atoms with Gasteiger partial charge in [-0.1, -0.05) is 44.2 Å². The second kappa shape index (κ2) is 5.75. The molecule has 0 aliphatic carbocycles. The minimum Gasteiger partial charge on any atom is -0.466 e. The summed E-state index contributed by atoms with van der Waals surface area (Å²) in [7, 11) is 1.22. The minimum absolute atomic E-state index is 0.0626. The second-order valence-electron chi connectivity index (χ2n) is 5.71. The fraction of sp³-hybridized carbons (Fsp3) is 0.353. The number of carbonyl (C=O) groups excluding carboxylic acids is 3. The van der Waals surface area contributed by atoms with Gasteiger partial charge < -0.3 is 9.47 Å². The molecule has 0 bridgehead atoms. The van der Waals surface area contributed by atoms with E-state index in [-0.39, 0.29) is 11.1 Å². The van der Waals surface area contributed by atoms with E-state index in [2.05, 4.69) is 0 Å². The SMILES string of the molecule is COC(=O)C1=C(C(=O)c2ccccc2)C(=O)OC(C)C1(C)C. The number of ketones is 1. The number of carbonyl (C=O) groups is 3. The predicted octanol–water partition coefficient (Wildman–Crippen LogP) is 2.31. The number of cyclic esters (lactones) is 1. The Bertz CT molecular complexity index is 655. The number of Topliss-reactive ketones (excluding diaryl/α,β-unsaturated/α-hetero) is 1. The van der Waals surface area contributed by atoms with Crippen LogP contribution in [0.2, 0.25) is 0 Å².